The molecule has 0 spiro atoms. The van der Waals surface area contributed by atoms with Crippen molar-refractivity contribution < 1.29 is 17.2 Å². The van der Waals surface area contributed by atoms with E-state index in [1.165, 1.54) is 6.07 Å². The Labute approximate surface area is 121 Å². The number of H-pyrrole nitrogens is 1. The summed E-state index contributed by atoms with van der Waals surface area (Å²) in [6, 6.07) is 3.49. The summed E-state index contributed by atoms with van der Waals surface area (Å²) in [6.07, 6.45) is 0.256. The highest BCUT2D eigenvalue weighted by molar-refractivity contribution is 7.89. The van der Waals surface area contributed by atoms with Gasteiger partial charge in [-0.1, -0.05) is 6.07 Å². The van der Waals surface area contributed by atoms with E-state index in [0.717, 1.165) is 12.1 Å². The third-order valence-electron chi connectivity index (χ3n) is 3.02. The Kier molecular flexibility index (Phi) is 4.38. The van der Waals surface area contributed by atoms with Gasteiger partial charge in [0.25, 0.3) is 0 Å². The average molecular weight is 315 g/mol. The second-order valence-electron chi connectivity index (χ2n) is 4.66. The zero-order valence-electron chi connectivity index (χ0n) is 11.6. The normalized spacial score (nSPS) is 11.8. The first-order valence-corrected chi connectivity index (χ1v) is 7.75. The lowest BCUT2D eigenvalue weighted by Gasteiger charge is -2.07. The molecule has 0 atom stereocenters. The van der Waals surface area contributed by atoms with Crippen molar-refractivity contribution in [2.75, 3.05) is 6.54 Å². The molecular formula is C13H15F2N3O2S. The van der Waals surface area contributed by atoms with E-state index in [1.807, 2.05) is 0 Å². The van der Waals surface area contributed by atoms with Crippen molar-refractivity contribution >= 4 is 10.0 Å². The van der Waals surface area contributed by atoms with Gasteiger partial charge in [-0.2, -0.15) is 5.10 Å². The van der Waals surface area contributed by atoms with E-state index >= 15 is 0 Å². The number of sulfonamides is 1. The number of aryl methyl sites for hydroxylation is 2. The number of hydrogen-bond donors (Lipinski definition) is 2. The van der Waals surface area contributed by atoms with Crippen molar-refractivity contribution in [3.05, 3.63) is 46.8 Å². The number of nitrogens with zero attached hydrogens (tertiary/aromatic N) is 1. The molecule has 5 nitrogen and oxygen atoms in total. The van der Waals surface area contributed by atoms with E-state index < -0.39 is 21.7 Å². The summed E-state index contributed by atoms with van der Waals surface area (Å²) in [5.74, 6) is -1.87. The molecule has 2 N–H and O–H groups in total. The number of halogens is 2. The number of aromatic nitrogens is 2. The van der Waals surface area contributed by atoms with Gasteiger partial charge in [-0.05, 0) is 38.0 Å². The molecule has 0 saturated heterocycles. The maximum absolute atomic E-state index is 13.0. The van der Waals surface area contributed by atoms with Crippen molar-refractivity contribution in [1.29, 1.82) is 0 Å². The number of rotatable bonds is 5. The van der Waals surface area contributed by atoms with E-state index in [1.54, 1.807) is 13.8 Å². The quantitative estimate of drug-likeness (QED) is 0.884. The molecule has 0 bridgehead atoms. The molecule has 0 amide bonds. The van der Waals surface area contributed by atoms with Crippen molar-refractivity contribution in [2.24, 2.45) is 0 Å². The van der Waals surface area contributed by atoms with Crippen molar-refractivity contribution in [3.63, 3.8) is 0 Å². The van der Waals surface area contributed by atoms with Crippen LogP contribution in [0, 0.1) is 25.5 Å². The summed E-state index contributed by atoms with van der Waals surface area (Å²) in [5, 5.41) is 6.44. The second-order valence-corrected chi connectivity index (χ2v) is 6.36. The first-order valence-electron chi connectivity index (χ1n) is 6.26. The van der Waals surface area contributed by atoms with Crippen LogP contribution in [0.25, 0.3) is 0 Å². The third-order valence-corrected chi connectivity index (χ3v) is 4.74. The highest BCUT2D eigenvalue weighted by Crippen LogP contribution is 2.16. The lowest BCUT2D eigenvalue weighted by molar-refractivity contribution is 0.507. The van der Waals surface area contributed by atoms with Crippen LogP contribution in [0.1, 0.15) is 17.0 Å². The highest BCUT2D eigenvalue weighted by atomic mass is 32.2. The summed E-state index contributed by atoms with van der Waals surface area (Å²) in [6.45, 7) is 3.29. The maximum atomic E-state index is 13.0. The molecule has 0 aliphatic carbocycles. The molecule has 2 rings (SSSR count). The van der Waals surface area contributed by atoms with E-state index in [-0.39, 0.29) is 17.9 Å². The number of aromatic amines is 1. The van der Waals surface area contributed by atoms with E-state index in [0.29, 0.717) is 17.0 Å². The Hall–Kier alpha value is -1.80. The van der Waals surface area contributed by atoms with Crippen molar-refractivity contribution in [3.8, 4) is 0 Å². The van der Waals surface area contributed by atoms with Gasteiger partial charge in [-0.3, -0.25) is 5.10 Å². The fourth-order valence-corrected chi connectivity index (χ4v) is 3.43. The predicted octanol–water partition coefficient (Wildman–Crippen LogP) is 1.83. The van der Waals surface area contributed by atoms with Crippen molar-refractivity contribution in [2.45, 2.75) is 25.2 Å². The number of benzene rings is 1. The summed E-state index contributed by atoms with van der Waals surface area (Å²) in [5.41, 5.74) is 1.35. The Morgan fingerprint density at radius 3 is 2.52 bits per heavy atom. The first-order chi connectivity index (χ1) is 9.81. The first kappa shape index (κ1) is 15.6. The van der Waals surface area contributed by atoms with Crippen LogP contribution >= 0.6 is 0 Å². The van der Waals surface area contributed by atoms with Crippen LogP contribution in [-0.4, -0.2) is 25.2 Å². The minimum absolute atomic E-state index is 0.0808. The molecule has 0 aliphatic heterocycles. The zero-order chi connectivity index (χ0) is 15.6. The van der Waals surface area contributed by atoms with Crippen LogP contribution in [0.3, 0.4) is 0 Å². The summed E-state index contributed by atoms with van der Waals surface area (Å²) in [4.78, 5) is 0.118. The van der Waals surface area contributed by atoms with Crippen LogP contribution in [0.4, 0.5) is 8.78 Å². The molecule has 8 heteroatoms. The predicted molar refractivity (Wildman–Crippen MR) is 73.3 cm³/mol. The second kappa shape index (κ2) is 5.90. The molecule has 1 aromatic carbocycles. The Bertz CT molecular complexity index is 737. The molecule has 0 unspecified atom stereocenters. The van der Waals surface area contributed by atoms with Gasteiger partial charge in [0.05, 0.1) is 11.4 Å². The maximum Gasteiger partial charge on any atom is 0.244 e. The van der Waals surface area contributed by atoms with Gasteiger partial charge in [-0.15, -0.1) is 0 Å². The van der Waals surface area contributed by atoms with Crippen LogP contribution in [0.5, 0.6) is 0 Å². The smallest absolute Gasteiger partial charge is 0.244 e. The van der Waals surface area contributed by atoms with Crippen molar-refractivity contribution in [1.82, 2.24) is 14.9 Å². The van der Waals surface area contributed by atoms with E-state index in [4.69, 9.17) is 0 Å². The lowest BCUT2D eigenvalue weighted by atomic mass is 10.1. The molecule has 0 saturated carbocycles. The van der Waals surface area contributed by atoms with Crippen LogP contribution in [-0.2, 0) is 16.4 Å². The highest BCUT2D eigenvalue weighted by Gasteiger charge is 2.21. The molecule has 114 valence electrons. The van der Waals surface area contributed by atoms with Gasteiger partial charge < -0.3 is 0 Å². The van der Waals surface area contributed by atoms with Gasteiger partial charge in [0.2, 0.25) is 10.0 Å². The van der Waals surface area contributed by atoms with Gasteiger partial charge in [0, 0.05) is 6.54 Å². The Morgan fingerprint density at radius 1 is 1.24 bits per heavy atom. The zero-order valence-corrected chi connectivity index (χ0v) is 12.4. The summed E-state index contributed by atoms with van der Waals surface area (Å²) in [7, 11) is -3.68. The fraction of sp³-hybridized carbons (Fsp3) is 0.308. The van der Waals surface area contributed by atoms with Gasteiger partial charge >= 0.3 is 0 Å². The average Bonchev–Trinajstić information content (AvgIpc) is 2.74. The molecule has 21 heavy (non-hydrogen) atoms. The van der Waals surface area contributed by atoms with Crippen LogP contribution < -0.4 is 4.72 Å². The van der Waals surface area contributed by atoms with Gasteiger partial charge in [0.15, 0.2) is 11.6 Å². The molecular weight excluding hydrogens is 300 g/mol. The minimum Gasteiger partial charge on any atom is -0.281 e. The Balaban J connectivity index is 2.04. The number of nitrogens with one attached hydrogen (secondary N) is 2. The van der Waals surface area contributed by atoms with Crippen LogP contribution in [0.15, 0.2) is 23.1 Å². The van der Waals surface area contributed by atoms with Gasteiger partial charge in [0.1, 0.15) is 4.90 Å². The monoisotopic (exact) mass is 315 g/mol. The summed E-state index contributed by atoms with van der Waals surface area (Å²) < 4.78 is 52.5. The van der Waals surface area contributed by atoms with Crippen LogP contribution in [0.2, 0.25) is 0 Å². The number of hydrogen-bond acceptors (Lipinski definition) is 3. The SMILES string of the molecule is Cc1n[nH]c(C)c1S(=O)(=O)NCCc1ccc(F)c(F)c1. The molecule has 2 aromatic rings. The molecule has 1 heterocycles. The minimum atomic E-state index is -3.68. The largest absolute Gasteiger partial charge is 0.281 e. The third kappa shape index (κ3) is 3.45. The molecule has 0 aliphatic rings. The molecule has 0 fully saturated rings. The fourth-order valence-electron chi connectivity index (χ4n) is 2.03. The topological polar surface area (TPSA) is 74.8 Å². The molecule has 1 aromatic heterocycles. The molecule has 0 radical (unpaired) electrons. The van der Waals surface area contributed by atoms with E-state index in [2.05, 4.69) is 14.9 Å². The standard InChI is InChI=1S/C13H15F2N3O2S/c1-8-13(9(2)18-17-8)21(19,20)16-6-5-10-3-4-11(14)12(15)7-10/h3-4,7,16H,5-6H2,1-2H3,(H,17,18). The summed E-state index contributed by atoms with van der Waals surface area (Å²) >= 11 is 0. The van der Waals surface area contributed by atoms with Gasteiger partial charge in [-0.25, -0.2) is 21.9 Å². The van der Waals surface area contributed by atoms with E-state index in [9.17, 15) is 17.2 Å². The lowest BCUT2D eigenvalue weighted by Crippen LogP contribution is -2.26. The Morgan fingerprint density at radius 2 is 1.95 bits per heavy atom.